The third kappa shape index (κ3) is 10.2. The number of nitriles is 1. The number of benzene rings is 4. The number of halogens is 3. The van der Waals surface area contributed by atoms with Crippen molar-refractivity contribution in [2.24, 2.45) is 0 Å². The van der Waals surface area contributed by atoms with Crippen LogP contribution in [0.4, 0.5) is 18.9 Å². The van der Waals surface area contributed by atoms with E-state index in [0.717, 1.165) is 54.7 Å². The average Bonchev–Trinajstić information content (AvgIpc) is 3.52. The number of fused-ring (bicyclic) bond motifs is 1. The summed E-state index contributed by atoms with van der Waals surface area (Å²) in [5.41, 5.74) is 6.35. The molecule has 0 saturated heterocycles. The molecule has 4 aromatic carbocycles. The first kappa shape index (κ1) is 35.8. The molecule has 2 unspecified atom stereocenters. The van der Waals surface area contributed by atoms with Crippen LogP contribution < -0.4 is 14.4 Å². The van der Waals surface area contributed by atoms with Gasteiger partial charge in [-0.15, -0.1) is 0 Å². The third-order valence-electron chi connectivity index (χ3n) is 8.89. The standard InChI is InChI=1S/C40H44F3N3O3/c1-30(24-33-25-35-18-20-45(39(35)36(26-33)27-44)19-11-22-47-28-32-12-5-3-6-13-32)46(31(2)34-14-7-4-8-15-34)21-23-48-37-16-9-10-17-38(37)49-29-40(41,42)43/h3-10,12-17,25-26,30-31H,11,18-24,28-29H2,1-2H3. The van der Waals surface area contributed by atoms with Crippen molar-refractivity contribution in [2.75, 3.05) is 44.4 Å². The van der Waals surface area contributed by atoms with E-state index < -0.39 is 12.8 Å². The Kier molecular flexibility index (Phi) is 12.6. The Labute approximate surface area is 287 Å². The first-order valence-corrected chi connectivity index (χ1v) is 16.9. The van der Waals surface area contributed by atoms with Gasteiger partial charge in [0.25, 0.3) is 0 Å². The van der Waals surface area contributed by atoms with Gasteiger partial charge < -0.3 is 19.1 Å². The predicted molar refractivity (Wildman–Crippen MR) is 186 cm³/mol. The summed E-state index contributed by atoms with van der Waals surface area (Å²) in [6.07, 6.45) is -1.95. The topological polar surface area (TPSA) is 58.0 Å². The lowest BCUT2D eigenvalue weighted by atomic mass is 9.97. The van der Waals surface area contributed by atoms with E-state index in [1.807, 2.05) is 42.5 Å². The summed E-state index contributed by atoms with van der Waals surface area (Å²) in [5, 5.41) is 10.2. The van der Waals surface area contributed by atoms with Gasteiger partial charge in [0.05, 0.1) is 17.9 Å². The van der Waals surface area contributed by atoms with Crippen molar-refractivity contribution in [3.63, 3.8) is 0 Å². The summed E-state index contributed by atoms with van der Waals surface area (Å²) < 4.78 is 55.4. The number of para-hydroxylation sites is 2. The Balaban J connectivity index is 1.23. The number of ether oxygens (including phenoxy) is 3. The predicted octanol–water partition coefficient (Wildman–Crippen LogP) is 8.54. The molecule has 0 aliphatic carbocycles. The van der Waals surface area contributed by atoms with Crippen molar-refractivity contribution in [1.82, 2.24) is 4.90 Å². The van der Waals surface area contributed by atoms with E-state index in [4.69, 9.17) is 14.2 Å². The Morgan fingerprint density at radius 3 is 2.22 bits per heavy atom. The second-order valence-corrected chi connectivity index (χ2v) is 12.5. The Hall–Kier alpha value is -4.52. The molecule has 0 radical (unpaired) electrons. The second-order valence-electron chi connectivity index (χ2n) is 12.5. The zero-order valence-corrected chi connectivity index (χ0v) is 28.2. The molecule has 9 heteroatoms. The molecule has 258 valence electrons. The molecule has 0 bridgehead atoms. The Morgan fingerprint density at radius 2 is 1.53 bits per heavy atom. The molecule has 2 atom stereocenters. The number of hydrogen-bond donors (Lipinski definition) is 0. The van der Waals surface area contributed by atoms with Crippen LogP contribution >= 0.6 is 0 Å². The van der Waals surface area contributed by atoms with E-state index >= 15 is 0 Å². The van der Waals surface area contributed by atoms with Crippen LogP contribution in [0.3, 0.4) is 0 Å². The molecular formula is C40H44F3N3O3. The van der Waals surface area contributed by atoms with Crippen LogP contribution in [0.15, 0.2) is 97.1 Å². The van der Waals surface area contributed by atoms with Gasteiger partial charge in [-0.3, -0.25) is 4.90 Å². The zero-order chi connectivity index (χ0) is 34.6. The van der Waals surface area contributed by atoms with Crippen molar-refractivity contribution in [3.05, 3.63) is 125 Å². The maximum Gasteiger partial charge on any atom is 0.422 e. The van der Waals surface area contributed by atoms with Crippen molar-refractivity contribution in [2.45, 2.75) is 58.0 Å². The number of alkyl halides is 3. The maximum atomic E-state index is 12.8. The van der Waals surface area contributed by atoms with Crippen LogP contribution in [0.1, 0.15) is 54.1 Å². The van der Waals surface area contributed by atoms with E-state index in [1.54, 1.807) is 18.2 Å². The van der Waals surface area contributed by atoms with Gasteiger partial charge in [0.2, 0.25) is 0 Å². The van der Waals surface area contributed by atoms with Gasteiger partial charge in [0.15, 0.2) is 18.1 Å². The second kappa shape index (κ2) is 17.2. The highest BCUT2D eigenvalue weighted by Crippen LogP contribution is 2.34. The first-order valence-electron chi connectivity index (χ1n) is 16.9. The normalized spacial score (nSPS) is 13.9. The highest BCUT2D eigenvalue weighted by atomic mass is 19.4. The molecule has 1 heterocycles. The quantitative estimate of drug-likeness (QED) is 0.105. The number of nitrogens with zero attached hydrogens (tertiary/aromatic N) is 3. The molecule has 0 saturated carbocycles. The highest BCUT2D eigenvalue weighted by molar-refractivity contribution is 5.68. The van der Waals surface area contributed by atoms with E-state index in [9.17, 15) is 18.4 Å². The fraction of sp³-hybridized carbons (Fsp3) is 0.375. The molecule has 0 fully saturated rings. The summed E-state index contributed by atoms with van der Waals surface area (Å²) in [7, 11) is 0. The van der Waals surface area contributed by atoms with Crippen LogP contribution in [0, 0.1) is 11.3 Å². The van der Waals surface area contributed by atoms with Gasteiger partial charge in [-0.05, 0) is 73.6 Å². The van der Waals surface area contributed by atoms with Crippen LogP contribution in [0.25, 0.3) is 0 Å². The summed E-state index contributed by atoms with van der Waals surface area (Å²) in [6, 6.07) is 33.6. The largest absolute Gasteiger partial charge is 0.488 e. The van der Waals surface area contributed by atoms with Crippen LogP contribution in [0.5, 0.6) is 11.5 Å². The Bertz CT molecular complexity index is 1660. The summed E-state index contributed by atoms with van der Waals surface area (Å²) >= 11 is 0. The number of rotatable bonds is 17. The lowest BCUT2D eigenvalue weighted by molar-refractivity contribution is -0.153. The van der Waals surface area contributed by atoms with Gasteiger partial charge in [0, 0.05) is 38.3 Å². The first-order chi connectivity index (χ1) is 23.7. The number of anilines is 1. The van der Waals surface area contributed by atoms with Gasteiger partial charge in [0.1, 0.15) is 12.7 Å². The van der Waals surface area contributed by atoms with Gasteiger partial charge in [-0.25, -0.2) is 0 Å². The monoisotopic (exact) mass is 671 g/mol. The molecule has 0 spiro atoms. The third-order valence-corrected chi connectivity index (χ3v) is 8.89. The van der Waals surface area contributed by atoms with E-state index in [2.05, 4.69) is 60.0 Å². The van der Waals surface area contributed by atoms with Gasteiger partial charge >= 0.3 is 6.18 Å². The molecule has 1 aliphatic rings. The average molecular weight is 672 g/mol. The van der Waals surface area contributed by atoms with Crippen LogP contribution in [0.2, 0.25) is 0 Å². The lowest BCUT2D eigenvalue weighted by Gasteiger charge is -2.35. The fourth-order valence-electron chi connectivity index (χ4n) is 6.53. The summed E-state index contributed by atoms with van der Waals surface area (Å²) in [6.45, 7) is 6.68. The number of hydrogen-bond acceptors (Lipinski definition) is 6. The van der Waals surface area contributed by atoms with E-state index in [0.29, 0.717) is 25.3 Å². The molecule has 6 nitrogen and oxygen atoms in total. The van der Waals surface area contributed by atoms with E-state index in [1.165, 1.54) is 11.6 Å². The molecule has 4 aromatic rings. The molecule has 49 heavy (non-hydrogen) atoms. The van der Waals surface area contributed by atoms with Crippen molar-refractivity contribution in [1.29, 1.82) is 5.26 Å². The van der Waals surface area contributed by atoms with Crippen LogP contribution in [-0.2, 0) is 24.2 Å². The zero-order valence-electron chi connectivity index (χ0n) is 28.2. The van der Waals surface area contributed by atoms with Crippen molar-refractivity contribution >= 4 is 5.69 Å². The minimum absolute atomic E-state index is 0.0426. The summed E-state index contributed by atoms with van der Waals surface area (Å²) in [5.74, 6) is 0.336. The molecule has 0 aromatic heterocycles. The smallest absolute Gasteiger partial charge is 0.422 e. The molecule has 0 amide bonds. The summed E-state index contributed by atoms with van der Waals surface area (Å²) in [4.78, 5) is 4.65. The maximum absolute atomic E-state index is 12.8. The molecule has 1 aliphatic heterocycles. The Morgan fingerprint density at radius 1 is 0.857 bits per heavy atom. The minimum Gasteiger partial charge on any atom is -0.488 e. The lowest BCUT2D eigenvalue weighted by Crippen LogP contribution is -2.39. The molecule has 5 rings (SSSR count). The van der Waals surface area contributed by atoms with E-state index in [-0.39, 0.29) is 30.2 Å². The van der Waals surface area contributed by atoms with Gasteiger partial charge in [-0.1, -0.05) is 78.9 Å². The van der Waals surface area contributed by atoms with Crippen molar-refractivity contribution < 1.29 is 27.4 Å². The van der Waals surface area contributed by atoms with Crippen molar-refractivity contribution in [3.8, 4) is 17.6 Å². The SMILES string of the molecule is CC(Cc1cc(C#N)c2c(c1)CCN2CCCOCc1ccccc1)N(CCOc1ccccc1OCC(F)(F)F)C(C)c1ccccc1. The fourth-order valence-corrected chi connectivity index (χ4v) is 6.53. The minimum atomic E-state index is -4.44. The van der Waals surface area contributed by atoms with Gasteiger partial charge in [-0.2, -0.15) is 18.4 Å². The highest BCUT2D eigenvalue weighted by Gasteiger charge is 2.29. The van der Waals surface area contributed by atoms with Crippen LogP contribution in [-0.4, -0.2) is 56.6 Å². The molecular weight excluding hydrogens is 627 g/mol. The molecule has 0 N–H and O–H groups in total.